The zero-order valence-corrected chi connectivity index (χ0v) is 15.5. The summed E-state index contributed by atoms with van der Waals surface area (Å²) < 4.78 is 6.41. The molecule has 1 heterocycles. The normalized spacial score (nSPS) is 34.0. The summed E-state index contributed by atoms with van der Waals surface area (Å²) >= 11 is 0. The fraction of sp³-hybridized carbons (Fsp3) is 0.739. The molecule has 0 amide bonds. The van der Waals surface area contributed by atoms with Crippen molar-refractivity contribution in [3.8, 4) is 5.75 Å². The Morgan fingerprint density at radius 3 is 2.36 bits per heavy atom. The van der Waals surface area contributed by atoms with Crippen LogP contribution in [0.1, 0.15) is 75.7 Å². The third-order valence-corrected chi connectivity index (χ3v) is 7.65. The maximum atomic E-state index is 6.41. The molecule has 1 aromatic rings. The molecule has 1 aromatic carbocycles. The monoisotopic (exact) mass is 339 g/mol. The number of hydrogen-bond donors (Lipinski definition) is 0. The molecule has 2 heteroatoms. The number of hydrogen-bond acceptors (Lipinski definition) is 2. The van der Waals surface area contributed by atoms with Crippen LogP contribution in [0.2, 0.25) is 0 Å². The highest BCUT2D eigenvalue weighted by Gasteiger charge is 2.43. The van der Waals surface area contributed by atoms with E-state index in [2.05, 4.69) is 29.2 Å². The molecule has 0 spiro atoms. The molecule has 4 aliphatic rings. The van der Waals surface area contributed by atoms with Gasteiger partial charge in [-0.3, -0.25) is 0 Å². The lowest BCUT2D eigenvalue weighted by atomic mass is 9.86. The van der Waals surface area contributed by atoms with Crippen molar-refractivity contribution in [1.29, 1.82) is 0 Å². The van der Waals surface area contributed by atoms with Crippen LogP contribution in [0.4, 0.5) is 0 Å². The lowest BCUT2D eigenvalue weighted by Gasteiger charge is -2.40. The molecule has 0 N–H and O–H groups in total. The van der Waals surface area contributed by atoms with E-state index < -0.39 is 0 Å². The van der Waals surface area contributed by atoms with E-state index in [1.54, 1.807) is 0 Å². The molecule has 2 nitrogen and oxygen atoms in total. The molecule has 0 aromatic heterocycles. The van der Waals surface area contributed by atoms with Gasteiger partial charge in [-0.1, -0.05) is 24.6 Å². The zero-order valence-electron chi connectivity index (χ0n) is 15.5. The summed E-state index contributed by atoms with van der Waals surface area (Å²) in [5.41, 5.74) is 1.49. The standard InChI is InChI=1S/C23H33NO/c1-2-6-20(5-1)25-23-8-4-3-7-21(23)18-11-13-24(14-12-18)22-16-17-9-10-19(22)15-17/h3-4,7-8,17-20,22H,1-2,5-6,9-16H2/t17-,19-,22-/m0/s1. The molecule has 4 fully saturated rings. The average molecular weight is 340 g/mol. The first-order valence-electron chi connectivity index (χ1n) is 10.9. The molecule has 0 radical (unpaired) electrons. The van der Waals surface area contributed by atoms with Gasteiger partial charge in [-0.2, -0.15) is 0 Å². The van der Waals surface area contributed by atoms with Crippen LogP contribution in [0.25, 0.3) is 0 Å². The van der Waals surface area contributed by atoms with Crippen LogP contribution < -0.4 is 4.74 Å². The molecular formula is C23H33NO. The van der Waals surface area contributed by atoms with Gasteiger partial charge in [0.2, 0.25) is 0 Å². The van der Waals surface area contributed by atoms with Crippen molar-refractivity contribution >= 4 is 0 Å². The predicted molar refractivity (Wildman–Crippen MR) is 102 cm³/mol. The second kappa shape index (κ2) is 6.95. The van der Waals surface area contributed by atoms with Crippen molar-refractivity contribution in [1.82, 2.24) is 4.90 Å². The molecule has 3 saturated carbocycles. The van der Waals surface area contributed by atoms with E-state index in [4.69, 9.17) is 4.74 Å². The zero-order chi connectivity index (χ0) is 16.6. The van der Waals surface area contributed by atoms with Gasteiger partial charge in [0.1, 0.15) is 5.75 Å². The molecule has 3 aliphatic carbocycles. The maximum Gasteiger partial charge on any atom is 0.123 e. The van der Waals surface area contributed by atoms with Crippen LogP contribution in [0.5, 0.6) is 5.75 Å². The molecule has 25 heavy (non-hydrogen) atoms. The van der Waals surface area contributed by atoms with Crippen molar-refractivity contribution in [2.24, 2.45) is 11.8 Å². The largest absolute Gasteiger partial charge is 0.490 e. The van der Waals surface area contributed by atoms with Crippen molar-refractivity contribution in [3.63, 3.8) is 0 Å². The fourth-order valence-electron chi connectivity index (χ4n) is 6.31. The van der Waals surface area contributed by atoms with Gasteiger partial charge in [0.05, 0.1) is 6.10 Å². The third kappa shape index (κ3) is 3.23. The minimum absolute atomic E-state index is 0.468. The number of fused-ring (bicyclic) bond motifs is 2. The summed E-state index contributed by atoms with van der Waals surface area (Å²) in [6.07, 6.45) is 14.3. The molecule has 3 atom stereocenters. The van der Waals surface area contributed by atoms with E-state index in [0.29, 0.717) is 12.0 Å². The molecule has 0 unspecified atom stereocenters. The maximum absolute atomic E-state index is 6.41. The van der Waals surface area contributed by atoms with Crippen molar-refractivity contribution < 1.29 is 4.74 Å². The fourth-order valence-corrected chi connectivity index (χ4v) is 6.31. The molecule has 1 aliphatic heterocycles. The Hall–Kier alpha value is -1.02. The number of ether oxygens (including phenoxy) is 1. The number of para-hydroxylation sites is 1. The summed E-state index contributed by atoms with van der Waals surface area (Å²) in [5.74, 6) is 3.98. The van der Waals surface area contributed by atoms with Crippen molar-refractivity contribution in [2.75, 3.05) is 13.1 Å². The Balaban J connectivity index is 1.23. The van der Waals surface area contributed by atoms with Gasteiger partial charge in [0, 0.05) is 6.04 Å². The first-order chi connectivity index (χ1) is 12.4. The SMILES string of the molecule is c1ccc(C2CCN([C@H]3C[C@H]4CC[C@H]3C4)CC2)c(OC2CCCC2)c1. The Bertz CT molecular complexity index is 586. The van der Waals surface area contributed by atoms with Gasteiger partial charge in [0.25, 0.3) is 0 Å². The van der Waals surface area contributed by atoms with Gasteiger partial charge in [-0.15, -0.1) is 0 Å². The first-order valence-corrected chi connectivity index (χ1v) is 10.9. The summed E-state index contributed by atoms with van der Waals surface area (Å²) in [5, 5.41) is 0. The number of rotatable bonds is 4. The number of benzene rings is 1. The minimum atomic E-state index is 0.468. The Morgan fingerprint density at radius 1 is 0.840 bits per heavy atom. The quantitative estimate of drug-likeness (QED) is 0.730. The molecule has 2 bridgehead atoms. The molecule has 136 valence electrons. The van der Waals surface area contributed by atoms with Crippen molar-refractivity contribution in [2.45, 2.75) is 82.3 Å². The van der Waals surface area contributed by atoms with E-state index in [1.807, 2.05) is 0 Å². The smallest absolute Gasteiger partial charge is 0.123 e. The summed E-state index contributed by atoms with van der Waals surface area (Å²) in [7, 11) is 0. The Labute approximate surface area is 152 Å². The van der Waals surface area contributed by atoms with Crippen LogP contribution in [-0.2, 0) is 0 Å². The van der Waals surface area contributed by atoms with E-state index in [0.717, 1.165) is 17.9 Å². The first kappa shape index (κ1) is 16.2. The summed E-state index contributed by atoms with van der Waals surface area (Å²) in [6.45, 7) is 2.60. The number of piperidine rings is 1. The lowest BCUT2D eigenvalue weighted by molar-refractivity contribution is 0.109. The van der Waals surface area contributed by atoms with Crippen LogP contribution in [0.3, 0.4) is 0 Å². The van der Waals surface area contributed by atoms with Gasteiger partial charge < -0.3 is 9.64 Å². The minimum Gasteiger partial charge on any atom is -0.490 e. The second-order valence-corrected chi connectivity index (χ2v) is 9.11. The topological polar surface area (TPSA) is 12.5 Å². The lowest BCUT2D eigenvalue weighted by Crippen LogP contribution is -2.43. The third-order valence-electron chi connectivity index (χ3n) is 7.65. The van der Waals surface area contributed by atoms with Crippen LogP contribution in [0.15, 0.2) is 24.3 Å². The van der Waals surface area contributed by atoms with Gasteiger partial charge in [-0.05, 0) is 100 Å². The average Bonchev–Trinajstić information content (AvgIpc) is 3.41. The Kier molecular flexibility index (Phi) is 4.49. The van der Waals surface area contributed by atoms with Gasteiger partial charge in [0.15, 0.2) is 0 Å². The molecular weight excluding hydrogens is 306 g/mol. The Morgan fingerprint density at radius 2 is 1.64 bits per heavy atom. The van der Waals surface area contributed by atoms with Crippen LogP contribution >= 0.6 is 0 Å². The number of nitrogens with zero attached hydrogens (tertiary/aromatic N) is 1. The van der Waals surface area contributed by atoms with Gasteiger partial charge >= 0.3 is 0 Å². The summed E-state index contributed by atoms with van der Waals surface area (Å²) in [6, 6.07) is 9.83. The van der Waals surface area contributed by atoms with E-state index in [9.17, 15) is 0 Å². The molecule has 5 rings (SSSR count). The highest BCUT2D eigenvalue weighted by atomic mass is 16.5. The van der Waals surface area contributed by atoms with Gasteiger partial charge in [-0.25, -0.2) is 0 Å². The highest BCUT2D eigenvalue weighted by molar-refractivity contribution is 5.37. The van der Waals surface area contributed by atoms with Crippen LogP contribution in [-0.4, -0.2) is 30.1 Å². The predicted octanol–water partition coefficient (Wildman–Crippen LogP) is 5.38. The van der Waals surface area contributed by atoms with E-state index in [1.165, 1.54) is 88.6 Å². The highest BCUT2D eigenvalue weighted by Crippen LogP contribution is 2.48. The molecule has 1 saturated heterocycles. The second-order valence-electron chi connectivity index (χ2n) is 9.11. The van der Waals surface area contributed by atoms with E-state index in [-0.39, 0.29) is 0 Å². The number of likely N-dealkylation sites (tertiary alicyclic amines) is 1. The van der Waals surface area contributed by atoms with E-state index >= 15 is 0 Å². The summed E-state index contributed by atoms with van der Waals surface area (Å²) in [4.78, 5) is 2.85. The van der Waals surface area contributed by atoms with Crippen LogP contribution in [0, 0.1) is 11.8 Å². The van der Waals surface area contributed by atoms with Crippen molar-refractivity contribution in [3.05, 3.63) is 29.8 Å².